The van der Waals surface area contributed by atoms with Crippen LogP contribution in [0.2, 0.25) is 0 Å². The van der Waals surface area contributed by atoms with Crippen molar-refractivity contribution in [3.8, 4) is 0 Å². The molecule has 1 aromatic heterocycles. The highest BCUT2D eigenvalue weighted by Crippen LogP contribution is 2.06. The van der Waals surface area contributed by atoms with Crippen molar-refractivity contribution >= 4 is 11.7 Å². The normalized spacial score (nSPS) is 10.0. The second-order valence-corrected chi connectivity index (χ2v) is 4.01. The lowest BCUT2D eigenvalue weighted by Gasteiger charge is -2.22. The van der Waals surface area contributed by atoms with Crippen LogP contribution in [0.15, 0.2) is 24.5 Å². The van der Waals surface area contributed by atoms with Crippen LogP contribution in [0.25, 0.3) is 0 Å². The Morgan fingerprint density at radius 2 is 1.94 bits per heavy atom. The number of rotatable bonds is 6. The molecule has 0 aliphatic rings. The van der Waals surface area contributed by atoms with Gasteiger partial charge in [-0.1, -0.05) is 20.3 Å². The number of unbranched alkanes of at least 4 members (excludes halogenated alkanes) is 1. The number of hydrogen-bond donors (Lipinski definition) is 1. The van der Waals surface area contributed by atoms with Crippen LogP contribution < -0.4 is 5.32 Å². The summed E-state index contributed by atoms with van der Waals surface area (Å²) in [5.41, 5.74) is 0.794. The predicted molar refractivity (Wildman–Crippen MR) is 70.0 cm³/mol. The van der Waals surface area contributed by atoms with E-state index in [9.17, 15) is 4.79 Å². The van der Waals surface area contributed by atoms with Crippen molar-refractivity contribution in [2.45, 2.75) is 33.1 Å². The van der Waals surface area contributed by atoms with E-state index in [0.29, 0.717) is 0 Å². The Kier molecular flexibility index (Phi) is 6.07. The minimum atomic E-state index is -0.0218. The highest BCUT2D eigenvalue weighted by molar-refractivity contribution is 5.89. The lowest BCUT2D eigenvalue weighted by Crippen LogP contribution is -2.36. The first-order valence-electron chi connectivity index (χ1n) is 6.23. The van der Waals surface area contributed by atoms with Gasteiger partial charge < -0.3 is 10.2 Å². The van der Waals surface area contributed by atoms with E-state index in [-0.39, 0.29) is 6.03 Å². The summed E-state index contributed by atoms with van der Waals surface area (Å²) in [7, 11) is 0. The van der Waals surface area contributed by atoms with Gasteiger partial charge in [-0.05, 0) is 25.0 Å². The van der Waals surface area contributed by atoms with Crippen molar-refractivity contribution in [3.05, 3.63) is 24.5 Å². The minimum absolute atomic E-state index is 0.0218. The van der Waals surface area contributed by atoms with E-state index in [4.69, 9.17) is 0 Å². The fraction of sp³-hybridized carbons (Fsp3) is 0.538. The zero-order valence-corrected chi connectivity index (χ0v) is 10.6. The molecule has 17 heavy (non-hydrogen) atoms. The maximum Gasteiger partial charge on any atom is 0.321 e. The predicted octanol–water partition coefficient (Wildman–Crippen LogP) is 3.13. The number of anilines is 1. The molecule has 0 aliphatic carbocycles. The van der Waals surface area contributed by atoms with Crippen LogP contribution in [0.3, 0.4) is 0 Å². The van der Waals surface area contributed by atoms with Gasteiger partial charge in [-0.25, -0.2) is 4.79 Å². The van der Waals surface area contributed by atoms with E-state index in [1.165, 1.54) is 0 Å². The fourth-order valence-corrected chi connectivity index (χ4v) is 1.57. The molecule has 2 amide bonds. The van der Waals surface area contributed by atoms with Crippen LogP contribution >= 0.6 is 0 Å². The van der Waals surface area contributed by atoms with E-state index in [2.05, 4.69) is 24.1 Å². The quantitative estimate of drug-likeness (QED) is 0.823. The Morgan fingerprint density at radius 3 is 2.53 bits per heavy atom. The van der Waals surface area contributed by atoms with Crippen LogP contribution in [0.4, 0.5) is 10.5 Å². The summed E-state index contributed by atoms with van der Waals surface area (Å²) in [6, 6.07) is 3.57. The van der Waals surface area contributed by atoms with Gasteiger partial charge in [0.1, 0.15) is 0 Å². The summed E-state index contributed by atoms with van der Waals surface area (Å²) in [5, 5.41) is 2.88. The monoisotopic (exact) mass is 235 g/mol. The summed E-state index contributed by atoms with van der Waals surface area (Å²) in [6.07, 6.45) is 6.47. The molecule has 1 N–H and O–H groups in total. The van der Waals surface area contributed by atoms with Gasteiger partial charge >= 0.3 is 6.03 Å². The Labute approximate surface area is 103 Å². The first-order valence-corrected chi connectivity index (χ1v) is 6.23. The number of carbonyl (C=O) groups excluding carboxylic acids is 1. The summed E-state index contributed by atoms with van der Waals surface area (Å²) in [6.45, 7) is 5.84. The van der Waals surface area contributed by atoms with Gasteiger partial charge in [0.15, 0.2) is 0 Å². The maximum absolute atomic E-state index is 12.0. The molecule has 4 nitrogen and oxygen atoms in total. The first kappa shape index (κ1) is 13.5. The van der Waals surface area contributed by atoms with E-state index in [0.717, 1.165) is 38.0 Å². The molecule has 0 aliphatic heterocycles. The number of aromatic nitrogens is 1. The van der Waals surface area contributed by atoms with Gasteiger partial charge in [0.2, 0.25) is 0 Å². The maximum atomic E-state index is 12.0. The highest BCUT2D eigenvalue weighted by Gasteiger charge is 2.11. The van der Waals surface area contributed by atoms with Crippen LogP contribution in [0, 0.1) is 0 Å². The number of amides is 2. The molecular formula is C13H21N3O. The van der Waals surface area contributed by atoms with E-state index in [1.807, 2.05) is 4.90 Å². The molecule has 4 heteroatoms. The van der Waals surface area contributed by atoms with E-state index >= 15 is 0 Å². The zero-order valence-electron chi connectivity index (χ0n) is 10.6. The van der Waals surface area contributed by atoms with Gasteiger partial charge in [0.05, 0.1) is 0 Å². The summed E-state index contributed by atoms with van der Waals surface area (Å²) < 4.78 is 0. The van der Waals surface area contributed by atoms with Crippen molar-refractivity contribution in [1.29, 1.82) is 0 Å². The largest absolute Gasteiger partial charge is 0.325 e. The SMILES string of the molecule is CCCCN(CCC)C(=O)Nc1ccncc1. The first-order chi connectivity index (χ1) is 8.27. The Bertz CT molecular complexity index is 327. The molecule has 0 fully saturated rings. The van der Waals surface area contributed by atoms with Crippen LogP contribution in [0.1, 0.15) is 33.1 Å². The number of nitrogens with one attached hydrogen (secondary N) is 1. The fourth-order valence-electron chi connectivity index (χ4n) is 1.57. The molecule has 0 saturated heterocycles. The summed E-state index contributed by atoms with van der Waals surface area (Å²) in [5.74, 6) is 0. The van der Waals surface area contributed by atoms with Gasteiger partial charge in [-0.15, -0.1) is 0 Å². The second kappa shape index (κ2) is 7.65. The molecule has 0 bridgehead atoms. The lowest BCUT2D eigenvalue weighted by molar-refractivity contribution is 0.211. The number of carbonyl (C=O) groups is 1. The molecule has 0 saturated carbocycles. The number of hydrogen-bond acceptors (Lipinski definition) is 2. The standard InChI is InChI=1S/C13H21N3O/c1-3-5-11-16(10-4-2)13(17)15-12-6-8-14-9-7-12/h6-9H,3-5,10-11H2,1-2H3,(H,14,15,17). The van der Waals surface area contributed by atoms with Crippen LogP contribution in [0.5, 0.6) is 0 Å². The van der Waals surface area contributed by atoms with Crippen LogP contribution in [-0.4, -0.2) is 29.0 Å². The van der Waals surface area contributed by atoms with Crippen LogP contribution in [-0.2, 0) is 0 Å². The van der Waals surface area contributed by atoms with Crippen molar-refractivity contribution in [2.24, 2.45) is 0 Å². The third-order valence-corrected chi connectivity index (χ3v) is 2.49. The van der Waals surface area contributed by atoms with Crippen molar-refractivity contribution in [1.82, 2.24) is 9.88 Å². The molecular weight excluding hydrogens is 214 g/mol. The number of nitrogens with zero attached hydrogens (tertiary/aromatic N) is 2. The third-order valence-electron chi connectivity index (χ3n) is 2.49. The van der Waals surface area contributed by atoms with Gasteiger partial charge in [0, 0.05) is 31.2 Å². The number of pyridine rings is 1. The Hall–Kier alpha value is -1.58. The third kappa shape index (κ3) is 4.85. The Morgan fingerprint density at radius 1 is 1.24 bits per heavy atom. The Balaban J connectivity index is 2.52. The van der Waals surface area contributed by atoms with Crippen molar-refractivity contribution in [3.63, 3.8) is 0 Å². The van der Waals surface area contributed by atoms with E-state index < -0.39 is 0 Å². The minimum Gasteiger partial charge on any atom is -0.325 e. The second-order valence-electron chi connectivity index (χ2n) is 4.01. The van der Waals surface area contributed by atoms with Gasteiger partial charge in [0.25, 0.3) is 0 Å². The average molecular weight is 235 g/mol. The summed E-state index contributed by atoms with van der Waals surface area (Å²) >= 11 is 0. The lowest BCUT2D eigenvalue weighted by atomic mass is 10.3. The molecule has 0 spiro atoms. The molecule has 0 unspecified atom stereocenters. The molecule has 94 valence electrons. The molecule has 0 aromatic carbocycles. The summed E-state index contributed by atoms with van der Waals surface area (Å²) in [4.78, 5) is 17.8. The number of urea groups is 1. The zero-order chi connectivity index (χ0) is 12.5. The van der Waals surface area contributed by atoms with Crippen molar-refractivity contribution < 1.29 is 4.79 Å². The van der Waals surface area contributed by atoms with Gasteiger partial charge in [-0.2, -0.15) is 0 Å². The topological polar surface area (TPSA) is 45.2 Å². The van der Waals surface area contributed by atoms with E-state index in [1.54, 1.807) is 24.5 Å². The molecule has 0 atom stereocenters. The van der Waals surface area contributed by atoms with Gasteiger partial charge in [-0.3, -0.25) is 4.98 Å². The smallest absolute Gasteiger partial charge is 0.321 e. The average Bonchev–Trinajstić information content (AvgIpc) is 2.35. The van der Waals surface area contributed by atoms with Crippen molar-refractivity contribution in [2.75, 3.05) is 18.4 Å². The molecule has 1 heterocycles. The highest BCUT2D eigenvalue weighted by atomic mass is 16.2. The molecule has 1 rings (SSSR count). The molecule has 1 aromatic rings. The molecule has 0 radical (unpaired) electrons.